The lowest BCUT2D eigenvalue weighted by atomic mass is 10.2. The molecule has 0 aromatic heterocycles. The van der Waals surface area contributed by atoms with Crippen LogP contribution in [0.3, 0.4) is 0 Å². The first kappa shape index (κ1) is 18.2. The van der Waals surface area contributed by atoms with Crippen LogP contribution in [-0.2, 0) is 9.59 Å². The summed E-state index contributed by atoms with van der Waals surface area (Å²) in [6, 6.07) is 4.42. The molecule has 112 valence electrons. The molecule has 1 aromatic rings. The Balaban J connectivity index is 0.00000361. The maximum Gasteiger partial charge on any atom is 0.241 e. The van der Waals surface area contributed by atoms with Gasteiger partial charge in [-0.2, -0.15) is 0 Å². The number of hydrogen-bond donors (Lipinski definition) is 3. The summed E-state index contributed by atoms with van der Waals surface area (Å²) in [5.74, 6) is 0.0259. The Morgan fingerprint density at radius 3 is 2.50 bits per heavy atom. The van der Waals surface area contributed by atoms with Crippen molar-refractivity contribution in [2.45, 2.75) is 26.3 Å². The van der Waals surface area contributed by atoms with Crippen molar-refractivity contribution in [3.05, 3.63) is 18.2 Å². The molecule has 7 heteroatoms. The molecule has 20 heavy (non-hydrogen) atoms. The van der Waals surface area contributed by atoms with Crippen molar-refractivity contribution in [3.63, 3.8) is 0 Å². The average Bonchev–Trinajstić information content (AvgIpc) is 2.38. The number of benzene rings is 1. The number of rotatable bonds is 5. The Kier molecular flexibility index (Phi) is 7.64. The maximum atomic E-state index is 11.7. The number of hydrogen-bond acceptors (Lipinski definition) is 4. The van der Waals surface area contributed by atoms with Crippen molar-refractivity contribution in [3.8, 4) is 5.75 Å². The van der Waals surface area contributed by atoms with E-state index in [2.05, 4.69) is 10.6 Å². The van der Waals surface area contributed by atoms with Crippen molar-refractivity contribution < 1.29 is 14.3 Å². The lowest BCUT2D eigenvalue weighted by Gasteiger charge is -2.13. The molecule has 0 saturated heterocycles. The standard InChI is InChI=1S/C13H19N3O3.ClH/c1-4-10(14)13(18)16-9-5-6-11(15-8(2)17)12(7-9)19-3;/h5-7,10H,4,14H2,1-3H3,(H,15,17)(H,16,18);1H/t10-;/m0./s1. The molecule has 4 N–H and O–H groups in total. The molecule has 0 fully saturated rings. The van der Waals surface area contributed by atoms with Crippen LogP contribution in [0.1, 0.15) is 20.3 Å². The zero-order valence-corrected chi connectivity index (χ0v) is 12.5. The first-order chi connectivity index (χ1) is 8.97. The van der Waals surface area contributed by atoms with Crippen LogP contribution in [0.25, 0.3) is 0 Å². The third kappa shape index (κ3) is 5.07. The molecule has 0 heterocycles. The molecule has 2 amide bonds. The Labute approximate surface area is 124 Å². The van der Waals surface area contributed by atoms with Gasteiger partial charge in [0.1, 0.15) is 5.75 Å². The zero-order chi connectivity index (χ0) is 14.4. The SMILES string of the molecule is CC[C@H](N)C(=O)Nc1ccc(NC(C)=O)c(OC)c1.Cl. The van der Waals surface area contributed by atoms with E-state index in [1.165, 1.54) is 14.0 Å². The highest BCUT2D eigenvalue weighted by molar-refractivity contribution is 5.96. The Morgan fingerprint density at radius 1 is 1.35 bits per heavy atom. The zero-order valence-electron chi connectivity index (χ0n) is 11.7. The molecule has 1 atom stereocenters. The van der Waals surface area contributed by atoms with Crippen LogP contribution < -0.4 is 21.1 Å². The topological polar surface area (TPSA) is 93.5 Å². The van der Waals surface area contributed by atoms with Gasteiger partial charge < -0.3 is 21.1 Å². The van der Waals surface area contributed by atoms with Crippen molar-refractivity contribution in [1.29, 1.82) is 0 Å². The second-order valence-electron chi connectivity index (χ2n) is 4.10. The van der Waals surface area contributed by atoms with Gasteiger partial charge in [0, 0.05) is 18.7 Å². The molecule has 0 aliphatic heterocycles. The number of anilines is 2. The number of amides is 2. The van der Waals surface area contributed by atoms with Crippen LogP contribution in [0, 0.1) is 0 Å². The van der Waals surface area contributed by atoms with E-state index < -0.39 is 6.04 Å². The number of carbonyl (C=O) groups is 2. The molecule has 1 aromatic carbocycles. The largest absolute Gasteiger partial charge is 0.494 e. The van der Waals surface area contributed by atoms with E-state index in [4.69, 9.17) is 10.5 Å². The third-order valence-corrected chi connectivity index (χ3v) is 2.56. The van der Waals surface area contributed by atoms with E-state index in [-0.39, 0.29) is 24.2 Å². The van der Waals surface area contributed by atoms with Gasteiger partial charge >= 0.3 is 0 Å². The molecule has 0 unspecified atom stereocenters. The first-order valence-corrected chi connectivity index (χ1v) is 6.00. The van der Waals surface area contributed by atoms with Crippen LogP contribution in [0.15, 0.2) is 18.2 Å². The summed E-state index contributed by atoms with van der Waals surface area (Å²) < 4.78 is 5.16. The van der Waals surface area contributed by atoms with E-state index in [0.29, 0.717) is 23.5 Å². The fourth-order valence-corrected chi connectivity index (χ4v) is 1.48. The van der Waals surface area contributed by atoms with Crippen molar-refractivity contribution in [2.24, 2.45) is 5.73 Å². The Morgan fingerprint density at radius 2 is 2.00 bits per heavy atom. The minimum absolute atomic E-state index is 0. The highest BCUT2D eigenvalue weighted by Gasteiger charge is 2.12. The lowest BCUT2D eigenvalue weighted by molar-refractivity contribution is -0.117. The summed E-state index contributed by atoms with van der Waals surface area (Å²) in [6.07, 6.45) is 0.562. The van der Waals surface area contributed by atoms with E-state index in [9.17, 15) is 9.59 Å². The minimum atomic E-state index is -0.541. The summed E-state index contributed by atoms with van der Waals surface area (Å²) in [5, 5.41) is 5.33. The fraction of sp³-hybridized carbons (Fsp3) is 0.385. The molecule has 0 aliphatic carbocycles. The van der Waals surface area contributed by atoms with Crippen LogP contribution >= 0.6 is 12.4 Å². The van der Waals surface area contributed by atoms with Gasteiger partial charge in [-0.05, 0) is 18.6 Å². The van der Waals surface area contributed by atoms with Gasteiger partial charge in [0.2, 0.25) is 11.8 Å². The number of nitrogens with one attached hydrogen (secondary N) is 2. The normalized spacial score (nSPS) is 11.0. The molecule has 1 rings (SSSR count). The van der Waals surface area contributed by atoms with Crippen LogP contribution in [0.4, 0.5) is 11.4 Å². The summed E-state index contributed by atoms with van der Waals surface area (Å²) >= 11 is 0. The van der Waals surface area contributed by atoms with Crippen molar-refractivity contribution >= 4 is 35.6 Å². The molecular weight excluding hydrogens is 282 g/mol. The second-order valence-corrected chi connectivity index (χ2v) is 4.10. The molecule has 0 saturated carbocycles. The summed E-state index contributed by atoms with van der Waals surface area (Å²) in [4.78, 5) is 22.7. The number of ether oxygens (including phenoxy) is 1. The number of methoxy groups -OCH3 is 1. The summed E-state index contributed by atoms with van der Waals surface area (Å²) in [7, 11) is 1.49. The van der Waals surface area contributed by atoms with Crippen molar-refractivity contribution in [2.75, 3.05) is 17.7 Å². The predicted octanol–water partition coefficient (Wildman–Crippen LogP) is 1.75. The van der Waals surface area contributed by atoms with Gasteiger partial charge in [0.15, 0.2) is 0 Å². The number of nitrogens with two attached hydrogens (primary N) is 1. The maximum absolute atomic E-state index is 11.7. The highest BCUT2D eigenvalue weighted by atomic mass is 35.5. The van der Waals surface area contributed by atoms with Gasteiger partial charge in [-0.1, -0.05) is 6.92 Å². The molecular formula is C13H20ClN3O3. The summed E-state index contributed by atoms with van der Waals surface area (Å²) in [6.45, 7) is 3.25. The van der Waals surface area contributed by atoms with E-state index in [1.807, 2.05) is 6.92 Å². The first-order valence-electron chi connectivity index (χ1n) is 6.00. The second kappa shape index (κ2) is 8.39. The third-order valence-electron chi connectivity index (χ3n) is 2.56. The smallest absolute Gasteiger partial charge is 0.241 e. The van der Waals surface area contributed by atoms with Gasteiger partial charge in [-0.15, -0.1) is 12.4 Å². The predicted molar refractivity (Wildman–Crippen MR) is 81.4 cm³/mol. The van der Waals surface area contributed by atoms with E-state index in [0.717, 1.165) is 0 Å². The van der Waals surface area contributed by atoms with Crippen molar-refractivity contribution in [1.82, 2.24) is 0 Å². The van der Waals surface area contributed by atoms with Gasteiger partial charge in [0.25, 0.3) is 0 Å². The van der Waals surface area contributed by atoms with Gasteiger partial charge in [-0.3, -0.25) is 9.59 Å². The number of carbonyl (C=O) groups excluding carboxylic acids is 2. The highest BCUT2D eigenvalue weighted by Crippen LogP contribution is 2.27. The molecule has 6 nitrogen and oxygen atoms in total. The van der Waals surface area contributed by atoms with E-state index >= 15 is 0 Å². The Hall–Kier alpha value is -1.79. The van der Waals surface area contributed by atoms with E-state index in [1.54, 1.807) is 18.2 Å². The average molecular weight is 302 g/mol. The molecule has 0 bridgehead atoms. The van der Waals surface area contributed by atoms with Crippen LogP contribution in [0.5, 0.6) is 5.75 Å². The fourth-order valence-electron chi connectivity index (χ4n) is 1.48. The monoisotopic (exact) mass is 301 g/mol. The lowest BCUT2D eigenvalue weighted by Crippen LogP contribution is -2.34. The molecule has 0 radical (unpaired) electrons. The van der Waals surface area contributed by atoms with Gasteiger partial charge in [0.05, 0.1) is 18.8 Å². The van der Waals surface area contributed by atoms with Crippen LogP contribution in [0.2, 0.25) is 0 Å². The quantitative estimate of drug-likeness (QED) is 0.772. The van der Waals surface area contributed by atoms with Crippen LogP contribution in [-0.4, -0.2) is 25.0 Å². The Bertz CT molecular complexity index is 480. The number of halogens is 1. The summed E-state index contributed by atoms with van der Waals surface area (Å²) in [5.41, 5.74) is 6.75. The minimum Gasteiger partial charge on any atom is -0.494 e. The molecule has 0 spiro atoms. The van der Waals surface area contributed by atoms with Gasteiger partial charge in [-0.25, -0.2) is 0 Å². The molecule has 0 aliphatic rings.